The van der Waals surface area contributed by atoms with Gasteiger partial charge in [0.25, 0.3) is 10.0 Å². The Morgan fingerprint density at radius 3 is 2.12 bits per heavy atom. The van der Waals surface area contributed by atoms with Crippen molar-refractivity contribution in [3.05, 3.63) is 135 Å². The molecule has 0 aromatic heterocycles. The van der Waals surface area contributed by atoms with E-state index >= 15 is 0 Å². The van der Waals surface area contributed by atoms with E-state index < -0.39 is 30.4 Å². The Kier molecular flexibility index (Phi) is 10.0. The van der Waals surface area contributed by atoms with E-state index in [9.17, 15) is 13.2 Å². The number of halogens is 1. The van der Waals surface area contributed by atoms with Gasteiger partial charge in [-0.05, 0) is 72.9 Å². The molecule has 0 radical (unpaired) electrons. The molecule has 10 heteroatoms. The topological polar surface area (TPSA) is 76.1 Å². The van der Waals surface area contributed by atoms with Gasteiger partial charge in [-0.1, -0.05) is 109 Å². The van der Waals surface area contributed by atoms with E-state index in [1.165, 1.54) is 11.4 Å². The van der Waals surface area contributed by atoms with Crippen LogP contribution in [0.15, 0.2) is 123 Å². The first kappa shape index (κ1) is 35.4. The largest absolute Gasteiger partial charge is 0.545 e. The van der Waals surface area contributed by atoms with Gasteiger partial charge in [-0.25, -0.2) is 13.2 Å². The van der Waals surface area contributed by atoms with Crippen LogP contribution in [0.2, 0.25) is 18.1 Å². The molecule has 0 bridgehead atoms. The summed E-state index contributed by atoms with van der Waals surface area (Å²) in [6.07, 6.45) is 5.67. The number of sulfonamides is 1. The van der Waals surface area contributed by atoms with Crippen molar-refractivity contribution in [2.24, 2.45) is 0 Å². The highest BCUT2D eigenvalue weighted by Gasteiger charge is 2.44. The lowest BCUT2D eigenvalue weighted by atomic mass is 9.91. The third kappa shape index (κ3) is 6.97. The maximum atomic E-state index is 14.7. The number of ether oxygens (including phenoxy) is 1. The van der Waals surface area contributed by atoms with Gasteiger partial charge in [-0.3, -0.25) is 4.31 Å². The quantitative estimate of drug-likeness (QED) is 0.178. The fourth-order valence-electron chi connectivity index (χ4n) is 5.55. The SMILES string of the molecule is COC(=O)/C1=C(\O[Si](C)(C)C(C)(C)C)CN(S(=O)(=O)c2ccc(C)cc2)/C=C(/c2ccc(Br)cc2)N2C(c3ccccc3)=C(C)C=CC12. The summed E-state index contributed by atoms with van der Waals surface area (Å²) in [5.74, 6) is -0.304. The van der Waals surface area contributed by atoms with Crippen molar-refractivity contribution in [2.45, 2.75) is 63.7 Å². The molecule has 3 aromatic carbocycles. The standard InChI is InChI=1S/C38H43BrN2O5SSi/c1-26-14-21-31(22-15-26)47(43,44)40-24-33(28-17-19-30(39)20-18-28)41-32(23-16-27(2)36(41)29-12-10-9-11-13-29)35(37(42)45-6)34(25-40)46-48(7,8)38(3,4)5/h9-24,32H,25H2,1-8H3/b33-24-,35-34-. The van der Waals surface area contributed by atoms with Crippen LogP contribution in [0.3, 0.4) is 0 Å². The van der Waals surface area contributed by atoms with E-state index in [1.807, 2.05) is 85.5 Å². The summed E-state index contributed by atoms with van der Waals surface area (Å²) in [4.78, 5) is 16.3. The second-order valence-corrected chi connectivity index (χ2v) is 21.2. The lowest BCUT2D eigenvalue weighted by Gasteiger charge is -2.44. The molecule has 1 atom stereocenters. The molecule has 0 fully saturated rings. The van der Waals surface area contributed by atoms with E-state index in [-0.39, 0.29) is 27.8 Å². The van der Waals surface area contributed by atoms with Gasteiger partial charge in [-0.2, -0.15) is 0 Å². The summed E-state index contributed by atoms with van der Waals surface area (Å²) in [6.45, 7) is 14.2. The molecule has 3 aromatic rings. The van der Waals surface area contributed by atoms with Gasteiger partial charge in [0, 0.05) is 10.7 Å². The number of esters is 1. The minimum atomic E-state index is -4.14. The van der Waals surface area contributed by atoms with Gasteiger partial charge in [-0.15, -0.1) is 0 Å². The van der Waals surface area contributed by atoms with Gasteiger partial charge < -0.3 is 14.1 Å². The van der Waals surface area contributed by atoms with Crippen LogP contribution in [0.1, 0.15) is 44.4 Å². The molecule has 2 aliphatic rings. The lowest BCUT2D eigenvalue weighted by Crippen LogP contribution is -2.46. The smallest absolute Gasteiger partial charge is 0.339 e. The average molecular weight is 748 g/mol. The van der Waals surface area contributed by atoms with E-state index in [4.69, 9.17) is 9.16 Å². The molecule has 0 aliphatic carbocycles. The second kappa shape index (κ2) is 13.6. The maximum absolute atomic E-state index is 14.7. The normalized spacial score (nSPS) is 20.0. The summed E-state index contributed by atoms with van der Waals surface area (Å²) in [6, 6.07) is 23.8. The number of aryl methyl sites for hydroxylation is 1. The Bertz CT molecular complexity index is 1930. The minimum absolute atomic E-state index is 0.136. The molecule has 2 heterocycles. The number of hydrogen-bond acceptors (Lipinski definition) is 6. The number of benzene rings is 3. The first-order valence-electron chi connectivity index (χ1n) is 15.9. The molecule has 252 valence electrons. The summed E-state index contributed by atoms with van der Waals surface area (Å²) in [5, 5.41) is -0.240. The van der Waals surface area contributed by atoms with Crippen molar-refractivity contribution < 1.29 is 22.4 Å². The first-order valence-corrected chi connectivity index (χ1v) is 21.0. The number of fused-ring (bicyclic) bond motifs is 1. The average Bonchev–Trinajstić information content (AvgIpc) is 3.03. The molecular formula is C38H43BrN2O5SSi. The zero-order valence-corrected chi connectivity index (χ0v) is 32.1. The number of rotatable bonds is 7. The third-order valence-electron chi connectivity index (χ3n) is 9.25. The molecule has 0 N–H and O–H groups in total. The molecular weight excluding hydrogens is 704 g/mol. The number of carbonyl (C=O) groups is 1. The Morgan fingerprint density at radius 2 is 1.54 bits per heavy atom. The molecule has 0 amide bonds. The van der Waals surface area contributed by atoms with Crippen molar-refractivity contribution in [3.63, 3.8) is 0 Å². The maximum Gasteiger partial charge on any atom is 0.339 e. The van der Waals surface area contributed by atoms with Crippen molar-refractivity contribution in [1.29, 1.82) is 0 Å². The molecule has 7 nitrogen and oxygen atoms in total. The molecule has 2 aliphatic heterocycles. The molecule has 1 unspecified atom stereocenters. The lowest BCUT2D eigenvalue weighted by molar-refractivity contribution is -0.136. The molecule has 5 rings (SSSR count). The predicted molar refractivity (Wildman–Crippen MR) is 198 cm³/mol. The van der Waals surface area contributed by atoms with Gasteiger partial charge in [0.05, 0.1) is 36.0 Å². The Labute approximate surface area is 294 Å². The molecule has 48 heavy (non-hydrogen) atoms. The van der Waals surface area contributed by atoms with Gasteiger partial charge >= 0.3 is 5.97 Å². The summed E-state index contributed by atoms with van der Waals surface area (Å²) in [5.41, 5.74) is 5.26. The molecule has 0 spiro atoms. The molecule has 0 saturated heterocycles. The number of carbonyl (C=O) groups excluding carboxylic acids is 1. The number of methoxy groups -OCH3 is 1. The summed E-state index contributed by atoms with van der Waals surface area (Å²) >= 11 is 3.55. The number of hydrogen-bond donors (Lipinski definition) is 0. The van der Waals surface area contributed by atoms with E-state index in [0.717, 1.165) is 32.4 Å². The second-order valence-electron chi connectivity index (χ2n) is 13.6. The Balaban J connectivity index is 1.90. The minimum Gasteiger partial charge on any atom is -0.545 e. The van der Waals surface area contributed by atoms with Crippen LogP contribution in [0.4, 0.5) is 0 Å². The monoisotopic (exact) mass is 746 g/mol. The van der Waals surface area contributed by atoms with Crippen molar-refractivity contribution >= 4 is 51.6 Å². The zero-order valence-electron chi connectivity index (χ0n) is 28.7. The van der Waals surface area contributed by atoms with Gasteiger partial charge in [0.15, 0.2) is 0 Å². The summed E-state index contributed by atoms with van der Waals surface area (Å²) < 4.78 is 44.0. The highest BCUT2D eigenvalue weighted by molar-refractivity contribution is 9.10. The Morgan fingerprint density at radius 1 is 0.917 bits per heavy atom. The third-order valence-corrected chi connectivity index (χ3v) is 15.9. The van der Waals surface area contributed by atoms with Crippen LogP contribution >= 0.6 is 15.9 Å². The van der Waals surface area contributed by atoms with Crippen molar-refractivity contribution in [1.82, 2.24) is 9.21 Å². The fraction of sp³-hybridized carbons (Fsp3) is 0.289. The van der Waals surface area contributed by atoms with Crippen LogP contribution in [0.5, 0.6) is 0 Å². The highest BCUT2D eigenvalue weighted by atomic mass is 79.9. The van der Waals surface area contributed by atoms with E-state index in [0.29, 0.717) is 5.70 Å². The number of nitrogens with zero attached hydrogens (tertiary/aromatic N) is 2. The van der Waals surface area contributed by atoms with Crippen LogP contribution < -0.4 is 0 Å². The van der Waals surface area contributed by atoms with Crippen molar-refractivity contribution in [2.75, 3.05) is 13.7 Å². The first-order chi connectivity index (χ1) is 22.5. The summed E-state index contributed by atoms with van der Waals surface area (Å²) in [7, 11) is -5.41. The molecule has 0 saturated carbocycles. The van der Waals surface area contributed by atoms with Gasteiger partial charge in [0.2, 0.25) is 8.32 Å². The Hall–Kier alpha value is -3.86. The van der Waals surface area contributed by atoms with E-state index in [1.54, 1.807) is 30.5 Å². The van der Waals surface area contributed by atoms with Crippen LogP contribution in [-0.4, -0.2) is 51.6 Å². The van der Waals surface area contributed by atoms with Gasteiger partial charge in [0.1, 0.15) is 11.3 Å². The number of allylic oxidation sites excluding steroid dienone is 2. The van der Waals surface area contributed by atoms with Crippen LogP contribution in [0, 0.1) is 6.92 Å². The van der Waals surface area contributed by atoms with Crippen LogP contribution in [-0.2, 0) is 24.0 Å². The van der Waals surface area contributed by atoms with E-state index in [2.05, 4.69) is 49.8 Å². The predicted octanol–water partition coefficient (Wildman–Crippen LogP) is 8.88. The zero-order chi connectivity index (χ0) is 35.0. The highest BCUT2D eigenvalue weighted by Crippen LogP contribution is 2.44. The van der Waals surface area contributed by atoms with Crippen molar-refractivity contribution in [3.8, 4) is 0 Å². The van der Waals surface area contributed by atoms with Crippen LogP contribution in [0.25, 0.3) is 11.4 Å². The fourth-order valence-corrected chi connectivity index (χ4v) is 8.19.